The number of carbonyl (C=O) groups is 1. The highest BCUT2D eigenvalue weighted by Gasteiger charge is 2.31. The summed E-state index contributed by atoms with van der Waals surface area (Å²) in [6, 6.07) is 12.2. The summed E-state index contributed by atoms with van der Waals surface area (Å²) in [4.78, 5) is 12.2. The zero-order valence-electron chi connectivity index (χ0n) is 14.6. The van der Waals surface area contributed by atoms with Gasteiger partial charge in [0.2, 0.25) is 0 Å². The molecule has 5 nitrogen and oxygen atoms in total. The van der Waals surface area contributed by atoms with Gasteiger partial charge >= 0.3 is 6.36 Å². The summed E-state index contributed by atoms with van der Waals surface area (Å²) in [5, 5.41) is 11.6. The Bertz CT molecular complexity index is 730. The lowest BCUT2D eigenvalue weighted by atomic mass is 10.1. The first kappa shape index (κ1) is 20.7. The normalized spacial score (nSPS) is 12.5. The van der Waals surface area contributed by atoms with Gasteiger partial charge in [0.15, 0.2) is 0 Å². The number of aliphatic hydroxyl groups excluding tert-OH is 1. The topological polar surface area (TPSA) is 67.8 Å². The largest absolute Gasteiger partial charge is 0.573 e. The highest BCUT2D eigenvalue weighted by Crippen LogP contribution is 2.23. The van der Waals surface area contributed by atoms with E-state index in [1.54, 1.807) is 0 Å². The Labute approximate surface area is 154 Å². The number of halogens is 3. The molecule has 1 atom stereocenters. The van der Waals surface area contributed by atoms with Gasteiger partial charge in [0.1, 0.15) is 5.75 Å². The molecule has 0 fully saturated rings. The predicted octanol–water partition coefficient (Wildman–Crippen LogP) is 3.37. The van der Waals surface area contributed by atoms with Crippen LogP contribution in [-0.2, 0) is 4.74 Å². The Morgan fingerprint density at radius 2 is 1.74 bits per heavy atom. The maximum Gasteiger partial charge on any atom is 0.573 e. The van der Waals surface area contributed by atoms with Crippen LogP contribution in [0.1, 0.15) is 27.6 Å². The van der Waals surface area contributed by atoms with Crippen molar-refractivity contribution in [3.8, 4) is 5.75 Å². The van der Waals surface area contributed by atoms with Crippen molar-refractivity contribution in [1.29, 1.82) is 0 Å². The molecule has 1 amide bonds. The van der Waals surface area contributed by atoms with E-state index < -0.39 is 24.1 Å². The maximum absolute atomic E-state index is 12.2. The summed E-state index contributed by atoms with van der Waals surface area (Å²) < 4.78 is 45.8. The van der Waals surface area contributed by atoms with Crippen molar-refractivity contribution in [2.75, 3.05) is 19.8 Å². The Morgan fingerprint density at radius 3 is 2.30 bits per heavy atom. The number of aliphatic hydroxyl groups is 1. The summed E-state index contributed by atoms with van der Waals surface area (Å²) in [7, 11) is 0. The molecule has 0 radical (unpaired) electrons. The van der Waals surface area contributed by atoms with Crippen LogP contribution in [0.4, 0.5) is 13.2 Å². The van der Waals surface area contributed by atoms with Gasteiger partial charge in [0, 0.05) is 12.1 Å². The van der Waals surface area contributed by atoms with Crippen LogP contribution in [0.5, 0.6) is 5.75 Å². The highest BCUT2D eigenvalue weighted by molar-refractivity contribution is 5.94. The molecule has 2 aromatic carbocycles. The van der Waals surface area contributed by atoms with Crippen molar-refractivity contribution in [3.63, 3.8) is 0 Å². The lowest BCUT2D eigenvalue weighted by Gasteiger charge is -2.19. The number of hydrogen-bond acceptors (Lipinski definition) is 4. The second kappa shape index (κ2) is 9.38. The number of benzene rings is 2. The number of ether oxygens (including phenoxy) is 2. The van der Waals surface area contributed by atoms with Crippen LogP contribution in [0.2, 0.25) is 0 Å². The Kier molecular flexibility index (Phi) is 7.20. The van der Waals surface area contributed by atoms with Gasteiger partial charge in [-0.3, -0.25) is 4.79 Å². The number of rotatable bonds is 8. The molecular formula is C19H20F3NO4. The van der Waals surface area contributed by atoms with Crippen LogP contribution >= 0.6 is 0 Å². The molecule has 0 aliphatic carbocycles. The molecule has 8 heteroatoms. The quantitative estimate of drug-likeness (QED) is 0.734. The summed E-state index contributed by atoms with van der Waals surface area (Å²) in [5.41, 5.74) is 2.10. The Balaban J connectivity index is 1.99. The first-order valence-electron chi connectivity index (χ1n) is 8.21. The highest BCUT2D eigenvalue weighted by atomic mass is 19.4. The van der Waals surface area contributed by atoms with E-state index in [1.165, 1.54) is 12.1 Å². The van der Waals surface area contributed by atoms with Gasteiger partial charge in [-0.05, 0) is 36.8 Å². The average molecular weight is 383 g/mol. The van der Waals surface area contributed by atoms with Crippen molar-refractivity contribution in [1.82, 2.24) is 5.32 Å². The van der Waals surface area contributed by atoms with Crippen LogP contribution in [0, 0.1) is 6.92 Å². The van der Waals surface area contributed by atoms with Crippen LogP contribution < -0.4 is 10.1 Å². The van der Waals surface area contributed by atoms with Gasteiger partial charge in [0.05, 0.1) is 19.3 Å². The fourth-order valence-electron chi connectivity index (χ4n) is 2.34. The van der Waals surface area contributed by atoms with Gasteiger partial charge in [-0.1, -0.05) is 29.8 Å². The van der Waals surface area contributed by atoms with Crippen molar-refractivity contribution < 1.29 is 32.5 Å². The number of hydrogen-bond donors (Lipinski definition) is 2. The smallest absolute Gasteiger partial charge is 0.406 e. The predicted molar refractivity (Wildman–Crippen MR) is 92.4 cm³/mol. The SMILES string of the molecule is Cc1ccc([C@@H](CNC(=O)c2ccc(OC(F)(F)F)cc2)OCCO)cc1. The number of amides is 1. The number of aryl methyl sites for hydroxylation is 1. The van der Waals surface area contributed by atoms with Gasteiger partial charge in [0.25, 0.3) is 5.91 Å². The molecule has 0 heterocycles. The third-order valence-electron chi connectivity index (χ3n) is 3.66. The minimum atomic E-state index is -4.78. The molecule has 0 unspecified atom stereocenters. The van der Waals surface area contributed by atoms with Crippen molar-refractivity contribution >= 4 is 5.91 Å². The lowest BCUT2D eigenvalue weighted by Crippen LogP contribution is -2.30. The second-order valence-corrected chi connectivity index (χ2v) is 5.78. The fourth-order valence-corrected chi connectivity index (χ4v) is 2.34. The summed E-state index contributed by atoms with van der Waals surface area (Å²) in [6.45, 7) is 2.04. The molecule has 0 spiro atoms. The second-order valence-electron chi connectivity index (χ2n) is 5.78. The molecule has 0 bridgehead atoms. The van der Waals surface area contributed by atoms with E-state index in [9.17, 15) is 18.0 Å². The molecule has 27 heavy (non-hydrogen) atoms. The summed E-state index contributed by atoms with van der Waals surface area (Å²) >= 11 is 0. The van der Waals surface area contributed by atoms with Crippen molar-refractivity contribution in [2.24, 2.45) is 0 Å². The molecular weight excluding hydrogens is 363 g/mol. The molecule has 0 saturated heterocycles. The third-order valence-corrected chi connectivity index (χ3v) is 3.66. The minimum absolute atomic E-state index is 0.109. The Morgan fingerprint density at radius 1 is 1.11 bits per heavy atom. The molecule has 0 aliphatic heterocycles. The average Bonchev–Trinajstić information content (AvgIpc) is 2.62. The number of nitrogens with one attached hydrogen (secondary N) is 1. The van der Waals surface area contributed by atoms with Gasteiger partial charge in [-0.2, -0.15) is 0 Å². The minimum Gasteiger partial charge on any atom is -0.406 e. The van der Waals surface area contributed by atoms with E-state index in [0.717, 1.165) is 23.3 Å². The van der Waals surface area contributed by atoms with E-state index in [-0.39, 0.29) is 25.3 Å². The molecule has 146 valence electrons. The van der Waals surface area contributed by atoms with Gasteiger partial charge in [-0.25, -0.2) is 0 Å². The molecule has 0 saturated carbocycles. The van der Waals surface area contributed by atoms with Crippen LogP contribution in [0.15, 0.2) is 48.5 Å². The molecule has 0 aromatic heterocycles. The fraction of sp³-hybridized carbons (Fsp3) is 0.316. The maximum atomic E-state index is 12.2. The lowest BCUT2D eigenvalue weighted by molar-refractivity contribution is -0.274. The number of alkyl halides is 3. The first-order chi connectivity index (χ1) is 12.8. The standard InChI is InChI=1S/C19H20F3NO4/c1-13-2-4-14(5-3-13)17(26-11-10-24)12-23-18(25)15-6-8-16(9-7-15)27-19(20,21)22/h2-9,17,24H,10-12H2,1H3,(H,23,25)/t17-/m1/s1. The molecule has 0 aliphatic rings. The zero-order chi connectivity index (χ0) is 19.9. The summed E-state index contributed by atoms with van der Waals surface area (Å²) in [5.74, 6) is -0.860. The van der Waals surface area contributed by atoms with E-state index in [2.05, 4.69) is 10.1 Å². The first-order valence-corrected chi connectivity index (χ1v) is 8.21. The third kappa shape index (κ3) is 6.92. The van der Waals surface area contributed by atoms with Crippen LogP contribution in [0.25, 0.3) is 0 Å². The summed E-state index contributed by atoms with van der Waals surface area (Å²) in [6.07, 6.45) is -5.25. The number of carbonyl (C=O) groups excluding carboxylic acids is 1. The van der Waals surface area contributed by atoms with E-state index in [4.69, 9.17) is 9.84 Å². The van der Waals surface area contributed by atoms with Crippen molar-refractivity contribution in [3.05, 3.63) is 65.2 Å². The van der Waals surface area contributed by atoms with E-state index in [0.29, 0.717) is 0 Å². The molecule has 2 aromatic rings. The molecule has 2 rings (SSSR count). The Hall–Kier alpha value is -2.58. The van der Waals surface area contributed by atoms with Crippen LogP contribution in [-0.4, -0.2) is 37.1 Å². The van der Waals surface area contributed by atoms with E-state index in [1.807, 2.05) is 31.2 Å². The monoisotopic (exact) mass is 383 g/mol. The van der Waals surface area contributed by atoms with E-state index >= 15 is 0 Å². The van der Waals surface area contributed by atoms with Crippen molar-refractivity contribution in [2.45, 2.75) is 19.4 Å². The zero-order valence-corrected chi connectivity index (χ0v) is 14.6. The molecule has 2 N–H and O–H groups in total. The van der Waals surface area contributed by atoms with Crippen LogP contribution in [0.3, 0.4) is 0 Å². The van der Waals surface area contributed by atoms with Gasteiger partial charge < -0.3 is 19.9 Å². The van der Waals surface area contributed by atoms with Gasteiger partial charge in [-0.15, -0.1) is 13.2 Å².